The smallest absolute Gasteiger partial charge is 0.259 e. The van der Waals surface area contributed by atoms with E-state index in [0.717, 1.165) is 33.8 Å². The number of nitrogens with one attached hydrogen (secondary N) is 1. The van der Waals surface area contributed by atoms with Crippen molar-refractivity contribution in [1.29, 1.82) is 0 Å². The Labute approximate surface area is 170 Å². The fourth-order valence-corrected chi connectivity index (χ4v) is 3.18. The van der Waals surface area contributed by atoms with E-state index in [9.17, 15) is 4.79 Å². The van der Waals surface area contributed by atoms with E-state index in [0.29, 0.717) is 5.56 Å². The Hall–Kier alpha value is -3.47. The Bertz CT molecular complexity index is 1170. The number of fused-ring (bicyclic) bond motifs is 1. The molecule has 0 atom stereocenters. The molecule has 1 N–H and O–H groups in total. The van der Waals surface area contributed by atoms with Gasteiger partial charge in [0, 0.05) is 28.9 Å². The van der Waals surface area contributed by atoms with Crippen molar-refractivity contribution < 1.29 is 4.79 Å². The van der Waals surface area contributed by atoms with Gasteiger partial charge in [0.25, 0.3) is 5.91 Å². The molecule has 0 aliphatic heterocycles. The van der Waals surface area contributed by atoms with Crippen molar-refractivity contribution in [2.75, 3.05) is 5.32 Å². The molecular weight excluding hydrogens is 360 g/mol. The van der Waals surface area contributed by atoms with Gasteiger partial charge in [-0.2, -0.15) is 5.10 Å². The van der Waals surface area contributed by atoms with Crippen LogP contribution in [0, 0.1) is 6.92 Å². The van der Waals surface area contributed by atoms with Crippen LogP contribution in [0.25, 0.3) is 16.9 Å². The summed E-state index contributed by atoms with van der Waals surface area (Å²) in [5.74, 6) is -0.213. The predicted octanol–water partition coefficient (Wildman–Crippen LogP) is 5.25. The maximum absolute atomic E-state index is 13.1. The molecule has 0 fully saturated rings. The summed E-state index contributed by atoms with van der Waals surface area (Å²) in [6.45, 7) is 8.35. The summed E-state index contributed by atoms with van der Waals surface area (Å²) in [5, 5.41) is 7.77. The molecule has 29 heavy (non-hydrogen) atoms. The molecule has 0 bridgehead atoms. The lowest BCUT2D eigenvalue weighted by molar-refractivity contribution is 0.102. The van der Waals surface area contributed by atoms with Crippen LogP contribution in [0.5, 0.6) is 0 Å². The fraction of sp³-hybridized carbons (Fsp3) is 0.208. The topological polar surface area (TPSA) is 59.3 Å². The van der Waals surface area contributed by atoms with Gasteiger partial charge < -0.3 is 5.32 Å². The summed E-state index contributed by atoms with van der Waals surface area (Å²) >= 11 is 0. The summed E-state index contributed by atoms with van der Waals surface area (Å²) < 4.78 is 1.78. The van der Waals surface area contributed by atoms with E-state index in [1.54, 1.807) is 10.7 Å². The highest BCUT2D eigenvalue weighted by molar-refractivity contribution is 6.08. The number of aryl methyl sites for hydroxylation is 1. The molecule has 146 valence electrons. The molecule has 0 saturated carbocycles. The fourth-order valence-electron chi connectivity index (χ4n) is 3.18. The monoisotopic (exact) mass is 384 g/mol. The van der Waals surface area contributed by atoms with E-state index in [1.165, 1.54) is 0 Å². The molecule has 0 spiro atoms. The minimum atomic E-state index is -0.213. The first kappa shape index (κ1) is 18.9. The van der Waals surface area contributed by atoms with Gasteiger partial charge in [-0.3, -0.25) is 4.79 Å². The number of rotatable bonds is 3. The number of hydrogen-bond donors (Lipinski definition) is 1. The van der Waals surface area contributed by atoms with Gasteiger partial charge in [-0.05, 0) is 19.1 Å². The lowest BCUT2D eigenvalue weighted by Crippen LogP contribution is -2.16. The Morgan fingerprint density at radius 3 is 2.34 bits per heavy atom. The maximum Gasteiger partial charge on any atom is 0.259 e. The first-order valence-electron chi connectivity index (χ1n) is 9.65. The van der Waals surface area contributed by atoms with E-state index >= 15 is 0 Å². The number of anilines is 1. The van der Waals surface area contributed by atoms with Crippen LogP contribution in [-0.4, -0.2) is 20.5 Å². The Balaban J connectivity index is 1.86. The second-order valence-corrected chi connectivity index (χ2v) is 8.26. The van der Waals surface area contributed by atoms with Gasteiger partial charge >= 0.3 is 0 Å². The lowest BCUT2D eigenvalue weighted by atomic mass is 9.93. The molecule has 0 radical (unpaired) electrons. The van der Waals surface area contributed by atoms with Crippen LogP contribution in [0.2, 0.25) is 0 Å². The minimum Gasteiger partial charge on any atom is -0.322 e. The van der Waals surface area contributed by atoms with Crippen LogP contribution in [0.1, 0.15) is 42.4 Å². The van der Waals surface area contributed by atoms with Gasteiger partial charge in [0.1, 0.15) is 0 Å². The van der Waals surface area contributed by atoms with Crippen LogP contribution >= 0.6 is 0 Å². The van der Waals surface area contributed by atoms with E-state index < -0.39 is 0 Å². The highest BCUT2D eigenvalue weighted by Crippen LogP contribution is 2.28. The Morgan fingerprint density at radius 1 is 1.00 bits per heavy atom. The van der Waals surface area contributed by atoms with Gasteiger partial charge in [-0.1, -0.05) is 68.8 Å². The van der Waals surface area contributed by atoms with Gasteiger partial charge in [0.05, 0.1) is 17.0 Å². The molecule has 2 aromatic heterocycles. The van der Waals surface area contributed by atoms with Crippen LogP contribution in [-0.2, 0) is 5.41 Å². The van der Waals surface area contributed by atoms with Crippen molar-refractivity contribution in [3.05, 3.63) is 83.7 Å². The second kappa shape index (κ2) is 7.17. The average molecular weight is 384 g/mol. The number of carbonyl (C=O) groups excluding carboxylic acids is 1. The molecule has 5 heteroatoms. The quantitative estimate of drug-likeness (QED) is 0.524. The molecule has 4 rings (SSSR count). The molecule has 0 unspecified atom stereocenters. The first-order valence-corrected chi connectivity index (χ1v) is 9.65. The number of nitrogens with zero attached hydrogens (tertiary/aromatic N) is 3. The van der Waals surface area contributed by atoms with Crippen molar-refractivity contribution in [3.63, 3.8) is 0 Å². The third kappa shape index (κ3) is 3.76. The summed E-state index contributed by atoms with van der Waals surface area (Å²) in [5.41, 5.74) is 5.55. The number of amides is 1. The molecule has 0 aliphatic carbocycles. The zero-order chi connectivity index (χ0) is 20.6. The molecule has 0 saturated heterocycles. The van der Waals surface area contributed by atoms with Crippen molar-refractivity contribution in [2.45, 2.75) is 33.1 Å². The van der Waals surface area contributed by atoms with Crippen LogP contribution < -0.4 is 5.32 Å². The summed E-state index contributed by atoms with van der Waals surface area (Å²) in [4.78, 5) is 17.7. The van der Waals surface area contributed by atoms with Gasteiger partial charge in [0.2, 0.25) is 0 Å². The number of benzene rings is 2. The third-order valence-corrected chi connectivity index (χ3v) is 4.85. The molecule has 5 nitrogen and oxygen atoms in total. The van der Waals surface area contributed by atoms with E-state index in [2.05, 4.69) is 31.1 Å². The first-order chi connectivity index (χ1) is 13.8. The molecule has 2 heterocycles. The number of carbonyl (C=O) groups is 1. The standard InChI is InChI=1S/C24H24N4O/c1-16-10-12-18(13-11-16)26-23(29)19-15-25-21-14-20(24(2,3)4)27-28(21)22(19)17-8-6-5-7-9-17/h5-15H,1-4H3,(H,26,29). The summed E-state index contributed by atoms with van der Waals surface area (Å²) in [6, 6.07) is 19.5. The number of hydrogen-bond acceptors (Lipinski definition) is 3. The Kier molecular flexibility index (Phi) is 4.66. The predicted molar refractivity (Wildman–Crippen MR) is 116 cm³/mol. The van der Waals surface area contributed by atoms with Crippen molar-refractivity contribution in [1.82, 2.24) is 14.6 Å². The summed E-state index contributed by atoms with van der Waals surface area (Å²) in [7, 11) is 0. The maximum atomic E-state index is 13.1. The number of aromatic nitrogens is 3. The average Bonchev–Trinajstić information content (AvgIpc) is 3.14. The Morgan fingerprint density at radius 2 is 1.69 bits per heavy atom. The molecule has 0 aliphatic rings. The van der Waals surface area contributed by atoms with Gasteiger partial charge in [-0.25, -0.2) is 9.50 Å². The van der Waals surface area contributed by atoms with E-state index in [4.69, 9.17) is 5.10 Å². The normalized spacial score (nSPS) is 11.6. The largest absolute Gasteiger partial charge is 0.322 e. The van der Waals surface area contributed by atoms with Crippen molar-refractivity contribution in [2.24, 2.45) is 0 Å². The van der Waals surface area contributed by atoms with Crippen LogP contribution in [0.4, 0.5) is 5.69 Å². The highest BCUT2D eigenvalue weighted by Gasteiger charge is 2.23. The van der Waals surface area contributed by atoms with Gasteiger partial charge in [0.15, 0.2) is 5.65 Å². The van der Waals surface area contributed by atoms with Crippen molar-refractivity contribution in [3.8, 4) is 11.3 Å². The molecular formula is C24H24N4O. The van der Waals surface area contributed by atoms with E-state index in [-0.39, 0.29) is 11.3 Å². The van der Waals surface area contributed by atoms with Gasteiger partial charge in [-0.15, -0.1) is 0 Å². The second-order valence-electron chi connectivity index (χ2n) is 8.26. The van der Waals surface area contributed by atoms with Crippen molar-refractivity contribution >= 4 is 17.2 Å². The molecule has 1 amide bonds. The molecule has 4 aromatic rings. The lowest BCUT2D eigenvalue weighted by Gasteiger charge is -2.14. The van der Waals surface area contributed by atoms with Crippen LogP contribution in [0.3, 0.4) is 0 Å². The molecule has 2 aromatic carbocycles. The summed E-state index contributed by atoms with van der Waals surface area (Å²) in [6.07, 6.45) is 1.63. The minimum absolute atomic E-state index is 0.119. The zero-order valence-corrected chi connectivity index (χ0v) is 17.1. The van der Waals surface area contributed by atoms with E-state index in [1.807, 2.05) is 67.6 Å². The van der Waals surface area contributed by atoms with Crippen LogP contribution in [0.15, 0.2) is 66.9 Å². The zero-order valence-electron chi connectivity index (χ0n) is 17.1. The highest BCUT2D eigenvalue weighted by atomic mass is 16.1. The SMILES string of the molecule is Cc1ccc(NC(=O)c2cnc3cc(C(C)(C)C)nn3c2-c2ccccc2)cc1. The third-order valence-electron chi connectivity index (χ3n) is 4.85.